The lowest BCUT2D eigenvalue weighted by molar-refractivity contribution is 0.262. The first-order valence-electron chi connectivity index (χ1n) is 6.95. The van der Waals surface area contributed by atoms with Crippen LogP contribution in [0.2, 0.25) is 0 Å². The molecule has 0 atom stereocenters. The number of anilines is 2. The molecule has 0 aliphatic heterocycles. The van der Waals surface area contributed by atoms with Gasteiger partial charge in [0, 0.05) is 11.5 Å². The van der Waals surface area contributed by atoms with Crippen LogP contribution >= 0.6 is 15.9 Å². The molecule has 2 amide bonds. The number of carbonyl (C=O) groups excluding carboxylic acids is 1. The molecule has 0 fully saturated rings. The molecular formula is C16H12BrN5O2. The number of para-hydroxylation sites is 1. The summed E-state index contributed by atoms with van der Waals surface area (Å²) in [6, 6.07) is 11.9. The third-order valence-corrected chi connectivity index (χ3v) is 4.23. The number of urea groups is 1. The average Bonchev–Trinajstić information content (AvgIpc) is 2.86. The minimum absolute atomic E-state index is 0.350. The van der Waals surface area contributed by atoms with Crippen LogP contribution in [0.3, 0.4) is 0 Å². The number of aromatic amines is 1. The number of imidazole rings is 1. The monoisotopic (exact) mass is 385 g/mol. The fourth-order valence-electron chi connectivity index (χ4n) is 2.39. The molecule has 8 heteroatoms. The van der Waals surface area contributed by atoms with Crippen molar-refractivity contribution >= 4 is 44.4 Å². The Labute approximate surface area is 145 Å². The van der Waals surface area contributed by atoms with Crippen LogP contribution in [0.4, 0.5) is 16.2 Å². The Hall–Kier alpha value is -3.05. The fraction of sp³-hybridized carbons (Fsp3) is 0.0625. The average molecular weight is 386 g/mol. The first-order chi connectivity index (χ1) is 11.5. The van der Waals surface area contributed by atoms with Crippen molar-refractivity contribution in [2.75, 3.05) is 10.6 Å². The maximum absolute atomic E-state index is 12.2. The van der Waals surface area contributed by atoms with Crippen molar-refractivity contribution in [3.05, 3.63) is 56.9 Å². The van der Waals surface area contributed by atoms with Gasteiger partial charge < -0.3 is 15.6 Å². The van der Waals surface area contributed by atoms with E-state index in [1.54, 1.807) is 31.3 Å². The molecule has 2 aromatic carbocycles. The van der Waals surface area contributed by atoms with Gasteiger partial charge in [0.25, 0.3) is 0 Å². The summed E-state index contributed by atoms with van der Waals surface area (Å²) in [5, 5.41) is 14.6. The predicted molar refractivity (Wildman–Crippen MR) is 95.0 cm³/mol. The molecule has 0 spiro atoms. The third kappa shape index (κ3) is 2.77. The fourth-order valence-corrected chi connectivity index (χ4v) is 2.78. The molecule has 7 nitrogen and oxygen atoms in total. The summed E-state index contributed by atoms with van der Waals surface area (Å²) in [6.07, 6.45) is 0. The lowest BCUT2D eigenvalue weighted by atomic mass is 10.1. The number of nitrogens with zero attached hydrogens (tertiary/aromatic N) is 2. The van der Waals surface area contributed by atoms with Crippen molar-refractivity contribution < 1.29 is 4.79 Å². The number of amides is 2. The van der Waals surface area contributed by atoms with Crippen LogP contribution in [0.25, 0.3) is 11.0 Å². The Morgan fingerprint density at radius 1 is 1.21 bits per heavy atom. The number of rotatable bonds is 2. The quantitative estimate of drug-likeness (QED) is 0.631. The number of nitriles is 1. The lowest BCUT2D eigenvalue weighted by Gasteiger charge is -2.10. The maximum Gasteiger partial charge on any atom is 0.326 e. The Morgan fingerprint density at radius 2 is 1.92 bits per heavy atom. The van der Waals surface area contributed by atoms with Crippen molar-refractivity contribution in [2.24, 2.45) is 7.05 Å². The van der Waals surface area contributed by atoms with E-state index in [1.165, 1.54) is 4.57 Å². The number of benzene rings is 2. The van der Waals surface area contributed by atoms with Gasteiger partial charge in [0.1, 0.15) is 6.07 Å². The maximum atomic E-state index is 12.2. The zero-order valence-electron chi connectivity index (χ0n) is 12.6. The number of halogens is 1. The molecular weight excluding hydrogens is 374 g/mol. The Morgan fingerprint density at radius 3 is 2.62 bits per heavy atom. The molecule has 1 heterocycles. The van der Waals surface area contributed by atoms with Gasteiger partial charge in [0.2, 0.25) is 0 Å². The largest absolute Gasteiger partial charge is 0.326 e. The van der Waals surface area contributed by atoms with Crippen molar-refractivity contribution in [2.45, 2.75) is 0 Å². The topological polar surface area (TPSA) is 103 Å². The van der Waals surface area contributed by atoms with E-state index in [0.717, 1.165) is 4.47 Å². The summed E-state index contributed by atoms with van der Waals surface area (Å²) >= 11 is 3.35. The first kappa shape index (κ1) is 15.8. The smallest absolute Gasteiger partial charge is 0.307 e. The van der Waals surface area contributed by atoms with Gasteiger partial charge in [-0.2, -0.15) is 5.26 Å². The SMILES string of the molecule is Cn1c(=O)[nH]c2c(NC(=O)Nc3ccccc3Br)ccc(C#N)c21. The van der Waals surface area contributed by atoms with Crippen LogP contribution < -0.4 is 16.3 Å². The van der Waals surface area contributed by atoms with Gasteiger partial charge in [-0.1, -0.05) is 12.1 Å². The zero-order chi connectivity index (χ0) is 17.3. The van der Waals surface area contributed by atoms with E-state index < -0.39 is 6.03 Å². The number of hydrogen-bond donors (Lipinski definition) is 3. The lowest BCUT2D eigenvalue weighted by Crippen LogP contribution is -2.20. The van der Waals surface area contributed by atoms with Crippen molar-refractivity contribution in [1.82, 2.24) is 9.55 Å². The minimum Gasteiger partial charge on any atom is -0.307 e. The highest BCUT2D eigenvalue weighted by molar-refractivity contribution is 9.10. The van der Waals surface area contributed by atoms with Gasteiger partial charge in [-0.3, -0.25) is 4.57 Å². The number of nitrogens with one attached hydrogen (secondary N) is 3. The van der Waals surface area contributed by atoms with Gasteiger partial charge >= 0.3 is 11.7 Å². The second-order valence-corrected chi connectivity index (χ2v) is 5.90. The summed E-state index contributed by atoms with van der Waals surface area (Å²) < 4.78 is 2.09. The second-order valence-electron chi connectivity index (χ2n) is 5.04. The van der Waals surface area contributed by atoms with Crippen LogP contribution in [-0.4, -0.2) is 15.6 Å². The number of carbonyl (C=O) groups is 1. The standard InChI is InChI=1S/C16H12BrN5O2/c1-22-14-9(8-18)6-7-12(13(14)21-16(22)24)20-15(23)19-11-5-3-2-4-10(11)17/h2-7H,1H3,(H,21,24)(H2,19,20,23). The summed E-state index contributed by atoms with van der Waals surface area (Å²) in [6.45, 7) is 0. The highest BCUT2D eigenvalue weighted by Gasteiger charge is 2.14. The van der Waals surface area contributed by atoms with Gasteiger partial charge in [0.15, 0.2) is 0 Å². The van der Waals surface area contributed by atoms with E-state index in [9.17, 15) is 14.9 Å². The highest BCUT2D eigenvalue weighted by atomic mass is 79.9. The van der Waals surface area contributed by atoms with Crippen LogP contribution in [-0.2, 0) is 7.05 Å². The molecule has 0 aliphatic carbocycles. The minimum atomic E-state index is -0.461. The van der Waals surface area contributed by atoms with Crippen molar-refractivity contribution in [3.63, 3.8) is 0 Å². The van der Waals surface area contributed by atoms with Crippen molar-refractivity contribution in [3.8, 4) is 6.07 Å². The molecule has 3 N–H and O–H groups in total. The van der Waals surface area contributed by atoms with Crippen LogP contribution in [0, 0.1) is 11.3 Å². The van der Waals surface area contributed by atoms with Crippen LogP contribution in [0.5, 0.6) is 0 Å². The van der Waals surface area contributed by atoms with E-state index in [2.05, 4.69) is 31.5 Å². The molecule has 1 aromatic heterocycles. The third-order valence-electron chi connectivity index (χ3n) is 3.54. The molecule has 0 radical (unpaired) electrons. The van der Waals surface area contributed by atoms with Gasteiger partial charge in [-0.15, -0.1) is 0 Å². The molecule has 0 saturated heterocycles. The Balaban J connectivity index is 1.95. The predicted octanol–water partition coefficient (Wildman–Crippen LogP) is 3.14. The second kappa shape index (κ2) is 6.22. The molecule has 3 rings (SSSR count). The molecule has 0 saturated carbocycles. The van der Waals surface area contributed by atoms with Crippen LogP contribution in [0.1, 0.15) is 5.56 Å². The number of aromatic nitrogens is 2. The molecule has 0 aliphatic rings. The number of aryl methyl sites for hydroxylation is 1. The van der Waals surface area contributed by atoms with Crippen LogP contribution in [0.15, 0.2) is 45.7 Å². The zero-order valence-corrected chi connectivity index (χ0v) is 14.1. The van der Waals surface area contributed by atoms with Gasteiger partial charge in [-0.05, 0) is 40.2 Å². The van der Waals surface area contributed by atoms with E-state index in [0.29, 0.717) is 28.0 Å². The van der Waals surface area contributed by atoms with Gasteiger partial charge in [0.05, 0.1) is 28.0 Å². The summed E-state index contributed by atoms with van der Waals surface area (Å²) in [5.41, 5.74) is 1.86. The number of hydrogen-bond acceptors (Lipinski definition) is 3. The number of H-pyrrole nitrogens is 1. The van der Waals surface area contributed by atoms with Crippen molar-refractivity contribution in [1.29, 1.82) is 5.26 Å². The van der Waals surface area contributed by atoms with E-state index in [1.807, 2.05) is 18.2 Å². The first-order valence-corrected chi connectivity index (χ1v) is 7.75. The summed E-state index contributed by atoms with van der Waals surface area (Å²) in [5.74, 6) is 0. The highest BCUT2D eigenvalue weighted by Crippen LogP contribution is 2.25. The Kier molecular flexibility index (Phi) is 4.10. The molecule has 0 bridgehead atoms. The van der Waals surface area contributed by atoms with E-state index in [4.69, 9.17) is 0 Å². The molecule has 3 aromatic rings. The van der Waals surface area contributed by atoms with Gasteiger partial charge in [-0.25, -0.2) is 9.59 Å². The van der Waals surface area contributed by atoms with E-state index in [-0.39, 0.29) is 5.69 Å². The normalized spacial score (nSPS) is 10.4. The Bertz CT molecular complexity index is 1040. The molecule has 120 valence electrons. The molecule has 0 unspecified atom stereocenters. The number of fused-ring (bicyclic) bond motifs is 1. The summed E-state index contributed by atoms with van der Waals surface area (Å²) in [7, 11) is 1.56. The van der Waals surface area contributed by atoms with E-state index >= 15 is 0 Å². The summed E-state index contributed by atoms with van der Waals surface area (Å²) in [4.78, 5) is 26.7. The molecule has 24 heavy (non-hydrogen) atoms.